The number of carboxylic acids is 1. The fourth-order valence-electron chi connectivity index (χ4n) is 1.97. The Morgan fingerprint density at radius 3 is 2.08 bits per heavy atom. The Hall–Kier alpha value is -3.79. The van der Waals surface area contributed by atoms with E-state index in [0.29, 0.717) is 5.75 Å². The Morgan fingerprint density at radius 2 is 1.56 bits per heavy atom. The molecular formula is C18H13N3O4. The summed E-state index contributed by atoms with van der Waals surface area (Å²) >= 11 is 0. The number of hydrogen-bond donors (Lipinski definition) is 2. The van der Waals surface area contributed by atoms with Gasteiger partial charge < -0.3 is 14.6 Å². The predicted octanol–water partition coefficient (Wildman–Crippen LogP) is 2.70. The predicted molar refractivity (Wildman–Crippen MR) is 88.8 cm³/mol. The summed E-state index contributed by atoms with van der Waals surface area (Å²) in [7, 11) is 1.61. The number of methoxy groups -OCH3 is 1. The van der Waals surface area contributed by atoms with Crippen molar-refractivity contribution < 1.29 is 19.4 Å². The van der Waals surface area contributed by atoms with E-state index >= 15 is 0 Å². The number of aromatic nitrogens is 3. The molecule has 25 heavy (non-hydrogen) atoms. The van der Waals surface area contributed by atoms with Crippen molar-refractivity contribution in [1.29, 1.82) is 0 Å². The van der Waals surface area contributed by atoms with Gasteiger partial charge in [-0.15, -0.1) is 0 Å². The van der Waals surface area contributed by atoms with Crippen LogP contribution in [0.25, 0.3) is 0 Å². The van der Waals surface area contributed by atoms with E-state index in [1.807, 2.05) is 24.3 Å². The van der Waals surface area contributed by atoms with Crippen LogP contribution in [0.3, 0.4) is 0 Å². The van der Waals surface area contributed by atoms with Gasteiger partial charge in [0.05, 0.1) is 7.11 Å². The van der Waals surface area contributed by atoms with Gasteiger partial charge in [0.1, 0.15) is 11.5 Å². The van der Waals surface area contributed by atoms with Gasteiger partial charge >= 0.3 is 5.97 Å². The minimum absolute atomic E-state index is 0.0930. The minimum atomic E-state index is -1.19. The lowest BCUT2D eigenvalue weighted by Crippen LogP contribution is -1.99. The van der Waals surface area contributed by atoms with Gasteiger partial charge in [0.2, 0.25) is 5.69 Å². The first-order valence-corrected chi connectivity index (χ1v) is 7.24. The van der Waals surface area contributed by atoms with E-state index in [2.05, 4.69) is 27.3 Å². The number of nitrogens with one attached hydrogen (secondary N) is 1. The van der Waals surface area contributed by atoms with Crippen LogP contribution in [-0.4, -0.2) is 33.6 Å². The summed E-state index contributed by atoms with van der Waals surface area (Å²) in [5.41, 5.74) is 1.46. The lowest BCUT2D eigenvalue weighted by molar-refractivity contribution is 0.0687. The molecule has 1 heterocycles. The summed E-state index contributed by atoms with van der Waals surface area (Å²) in [6.07, 6.45) is 0. The van der Waals surface area contributed by atoms with Crippen molar-refractivity contribution in [3.05, 3.63) is 65.4 Å². The maximum absolute atomic E-state index is 11.0. The maximum atomic E-state index is 11.0. The number of carbonyl (C=O) groups is 1. The van der Waals surface area contributed by atoms with Crippen LogP contribution in [-0.2, 0) is 0 Å². The molecule has 0 spiro atoms. The van der Waals surface area contributed by atoms with E-state index in [-0.39, 0.29) is 11.6 Å². The van der Waals surface area contributed by atoms with Gasteiger partial charge in [-0.05, 0) is 48.5 Å². The number of carboxylic acid groups (broad SMARTS) is 1. The number of hydrogen-bond acceptors (Lipinski definition) is 5. The SMILES string of the molecule is COc1ccc(C#Cc2ccc(Oc3nn[nH]c3C(=O)O)cc2)cc1. The molecule has 124 valence electrons. The van der Waals surface area contributed by atoms with Crippen molar-refractivity contribution in [2.75, 3.05) is 7.11 Å². The number of aromatic carboxylic acids is 1. The Kier molecular flexibility index (Phi) is 4.62. The van der Waals surface area contributed by atoms with Gasteiger partial charge in [-0.2, -0.15) is 0 Å². The zero-order valence-corrected chi connectivity index (χ0v) is 13.2. The van der Waals surface area contributed by atoms with Gasteiger partial charge in [-0.1, -0.05) is 22.2 Å². The van der Waals surface area contributed by atoms with Gasteiger partial charge in [0, 0.05) is 11.1 Å². The van der Waals surface area contributed by atoms with Crippen molar-refractivity contribution in [1.82, 2.24) is 15.4 Å². The lowest BCUT2D eigenvalue weighted by atomic mass is 10.2. The zero-order chi connectivity index (χ0) is 17.6. The Morgan fingerprint density at radius 1 is 1.00 bits per heavy atom. The van der Waals surface area contributed by atoms with Gasteiger partial charge in [-0.25, -0.2) is 9.89 Å². The number of benzene rings is 2. The Labute approximate surface area is 143 Å². The second-order valence-corrected chi connectivity index (χ2v) is 4.90. The summed E-state index contributed by atoms with van der Waals surface area (Å²) in [4.78, 5) is 11.0. The van der Waals surface area contributed by atoms with Crippen LogP contribution in [0.5, 0.6) is 17.4 Å². The first kappa shape index (κ1) is 16.1. The third kappa shape index (κ3) is 3.95. The molecular weight excluding hydrogens is 322 g/mol. The molecule has 0 saturated heterocycles. The van der Waals surface area contributed by atoms with Crippen molar-refractivity contribution in [3.8, 4) is 29.2 Å². The number of nitrogens with zero attached hydrogens (tertiary/aromatic N) is 2. The minimum Gasteiger partial charge on any atom is -0.497 e. The standard InChI is InChI=1S/C18H13N3O4/c1-24-14-8-4-12(5-9-14)2-3-13-6-10-15(11-7-13)25-17-16(18(22)23)19-21-20-17/h4-11H,1H3,(H,22,23)(H,19,20,21). The molecule has 7 heteroatoms. The van der Waals surface area contributed by atoms with Gasteiger partial charge in [0.15, 0.2) is 0 Å². The monoisotopic (exact) mass is 335 g/mol. The number of H-pyrrole nitrogens is 1. The molecule has 0 bridgehead atoms. The topological polar surface area (TPSA) is 97.3 Å². The maximum Gasteiger partial charge on any atom is 0.359 e. The molecule has 0 aliphatic heterocycles. The van der Waals surface area contributed by atoms with Crippen molar-refractivity contribution >= 4 is 5.97 Å². The van der Waals surface area contributed by atoms with Gasteiger partial charge in [-0.3, -0.25) is 0 Å². The second kappa shape index (κ2) is 7.19. The van der Waals surface area contributed by atoms with E-state index in [4.69, 9.17) is 14.6 Å². The highest BCUT2D eigenvalue weighted by molar-refractivity contribution is 5.87. The molecule has 3 rings (SSSR count). The first-order valence-electron chi connectivity index (χ1n) is 7.24. The molecule has 0 radical (unpaired) electrons. The molecule has 0 atom stereocenters. The normalized spacial score (nSPS) is 9.80. The van der Waals surface area contributed by atoms with E-state index in [0.717, 1.165) is 16.9 Å². The first-order chi connectivity index (χ1) is 12.2. The lowest BCUT2D eigenvalue weighted by Gasteiger charge is -2.02. The molecule has 0 amide bonds. The largest absolute Gasteiger partial charge is 0.497 e. The third-order valence-electron chi connectivity index (χ3n) is 3.24. The highest BCUT2D eigenvalue weighted by Gasteiger charge is 2.16. The van der Waals surface area contributed by atoms with Crippen LogP contribution in [0.2, 0.25) is 0 Å². The van der Waals surface area contributed by atoms with Crippen LogP contribution >= 0.6 is 0 Å². The molecule has 0 aliphatic rings. The number of aromatic amines is 1. The molecule has 2 N–H and O–H groups in total. The Bertz CT molecular complexity index is 935. The molecule has 3 aromatic rings. The number of ether oxygens (including phenoxy) is 2. The molecule has 2 aromatic carbocycles. The van der Waals surface area contributed by atoms with Crippen LogP contribution in [0.4, 0.5) is 0 Å². The summed E-state index contributed by atoms with van der Waals surface area (Å²) in [6, 6.07) is 14.3. The highest BCUT2D eigenvalue weighted by Crippen LogP contribution is 2.21. The molecule has 1 aromatic heterocycles. The van der Waals surface area contributed by atoms with E-state index in [1.54, 1.807) is 31.4 Å². The smallest absolute Gasteiger partial charge is 0.359 e. The number of rotatable bonds is 4. The quantitative estimate of drug-likeness (QED) is 0.712. The fraction of sp³-hybridized carbons (Fsp3) is 0.0556. The summed E-state index contributed by atoms with van der Waals surface area (Å²) in [6.45, 7) is 0. The van der Waals surface area contributed by atoms with Crippen LogP contribution in [0.15, 0.2) is 48.5 Å². The molecule has 0 aliphatic carbocycles. The van der Waals surface area contributed by atoms with Crippen molar-refractivity contribution in [2.45, 2.75) is 0 Å². The van der Waals surface area contributed by atoms with E-state index in [1.165, 1.54) is 0 Å². The second-order valence-electron chi connectivity index (χ2n) is 4.90. The van der Waals surface area contributed by atoms with Gasteiger partial charge in [0.25, 0.3) is 5.88 Å². The van der Waals surface area contributed by atoms with Crippen molar-refractivity contribution in [3.63, 3.8) is 0 Å². The zero-order valence-electron chi connectivity index (χ0n) is 13.2. The highest BCUT2D eigenvalue weighted by atomic mass is 16.5. The van der Waals surface area contributed by atoms with E-state index in [9.17, 15) is 4.79 Å². The fourth-order valence-corrected chi connectivity index (χ4v) is 1.97. The van der Waals surface area contributed by atoms with E-state index < -0.39 is 5.97 Å². The average molecular weight is 335 g/mol. The van der Waals surface area contributed by atoms with Crippen molar-refractivity contribution in [2.24, 2.45) is 0 Å². The average Bonchev–Trinajstić information content (AvgIpc) is 3.10. The summed E-state index contributed by atoms with van der Waals surface area (Å²) in [5.74, 6) is 6.02. The third-order valence-corrected chi connectivity index (χ3v) is 3.24. The molecule has 0 unspecified atom stereocenters. The molecule has 0 saturated carbocycles. The Balaban J connectivity index is 1.71. The van der Waals surface area contributed by atoms with Crippen LogP contribution in [0.1, 0.15) is 21.6 Å². The molecule has 0 fully saturated rings. The molecule has 7 nitrogen and oxygen atoms in total. The van der Waals surface area contributed by atoms with Crippen LogP contribution < -0.4 is 9.47 Å². The summed E-state index contributed by atoms with van der Waals surface area (Å²) < 4.78 is 10.5. The summed E-state index contributed by atoms with van der Waals surface area (Å²) in [5, 5.41) is 18.3. The van der Waals surface area contributed by atoms with Crippen LogP contribution in [0, 0.1) is 11.8 Å².